The second-order valence-corrected chi connectivity index (χ2v) is 4.41. The third kappa shape index (κ3) is 3.10. The van der Waals surface area contributed by atoms with Crippen LogP contribution in [0.1, 0.15) is 23.6 Å². The van der Waals surface area contributed by atoms with Gasteiger partial charge in [0.1, 0.15) is 0 Å². The van der Waals surface area contributed by atoms with E-state index in [2.05, 4.69) is 30.4 Å². The highest BCUT2D eigenvalue weighted by Gasteiger charge is 2.19. The minimum Gasteiger partial charge on any atom is -0.345 e. The summed E-state index contributed by atoms with van der Waals surface area (Å²) in [7, 11) is 0. The molecular weight excluding hydrogens is 206 g/mol. The number of piperidine rings is 1. The van der Waals surface area contributed by atoms with E-state index in [0.717, 1.165) is 32.3 Å². The average Bonchev–Trinajstić information content (AvgIpc) is 2.85. The number of terminal acetylenes is 1. The van der Waals surface area contributed by atoms with E-state index >= 15 is 0 Å². The number of likely N-dealkylation sites (tertiary alicyclic amines) is 1. The minimum atomic E-state index is 0.691. The maximum Gasteiger partial charge on any atom is 0.209 e. The molecule has 0 aliphatic carbocycles. The molecule has 0 atom stereocenters. The first-order valence-corrected chi connectivity index (χ1v) is 5.84. The van der Waals surface area contributed by atoms with Crippen LogP contribution in [0.25, 0.3) is 0 Å². The van der Waals surface area contributed by atoms with Crippen molar-refractivity contribution in [3.8, 4) is 12.8 Å². The molecule has 1 aliphatic heterocycles. The number of thiophene rings is 1. The zero-order valence-corrected chi connectivity index (χ0v) is 9.45. The molecule has 0 N–H and O–H groups in total. The Balaban J connectivity index is 0.000000531. The van der Waals surface area contributed by atoms with Crippen LogP contribution in [0.15, 0.2) is 17.5 Å². The molecule has 1 fully saturated rings. The number of hydrogen-bond acceptors (Lipinski definition) is 2. The Bertz CT molecular complexity index is 297. The van der Waals surface area contributed by atoms with Gasteiger partial charge in [-0.3, -0.25) is 4.79 Å². The molecule has 1 aliphatic rings. The van der Waals surface area contributed by atoms with Crippen LogP contribution in [0.3, 0.4) is 0 Å². The number of rotatable bonds is 2. The van der Waals surface area contributed by atoms with Crippen LogP contribution >= 0.6 is 11.3 Å². The van der Waals surface area contributed by atoms with Gasteiger partial charge in [0.05, 0.1) is 0 Å². The van der Waals surface area contributed by atoms with Crippen LogP contribution in [0, 0.1) is 12.8 Å². The molecule has 0 saturated carbocycles. The lowest BCUT2D eigenvalue weighted by Gasteiger charge is -2.28. The van der Waals surface area contributed by atoms with Crippen LogP contribution in [0.2, 0.25) is 0 Å². The van der Waals surface area contributed by atoms with Crippen molar-refractivity contribution < 1.29 is 4.79 Å². The van der Waals surface area contributed by atoms with Crippen molar-refractivity contribution >= 4 is 17.7 Å². The maximum atomic E-state index is 10.5. The predicted molar refractivity (Wildman–Crippen MR) is 63.8 cm³/mol. The smallest absolute Gasteiger partial charge is 0.209 e. The number of nitrogens with zero attached hydrogens (tertiary/aromatic N) is 1. The SMILES string of the molecule is C#C.O=CN1CCC(c2cccs2)CC1. The number of carbonyl (C=O) groups excluding carboxylic acids is 1. The number of hydrogen-bond donors (Lipinski definition) is 0. The fourth-order valence-corrected chi connectivity index (χ4v) is 2.71. The van der Waals surface area contributed by atoms with Crippen molar-refractivity contribution in [3.63, 3.8) is 0 Å². The molecule has 0 radical (unpaired) electrons. The molecule has 1 aromatic heterocycles. The molecule has 0 bridgehead atoms. The Morgan fingerprint density at radius 1 is 1.40 bits per heavy atom. The van der Waals surface area contributed by atoms with Crippen molar-refractivity contribution in [3.05, 3.63) is 22.4 Å². The zero-order valence-electron chi connectivity index (χ0n) is 8.63. The summed E-state index contributed by atoms with van der Waals surface area (Å²) in [5.74, 6) is 0.691. The topological polar surface area (TPSA) is 20.3 Å². The van der Waals surface area contributed by atoms with E-state index < -0.39 is 0 Å². The van der Waals surface area contributed by atoms with Gasteiger partial charge in [0.2, 0.25) is 6.41 Å². The lowest BCUT2D eigenvalue weighted by atomic mass is 9.96. The Morgan fingerprint density at radius 3 is 2.53 bits per heavy atom. The van der Waals surface area contributed by atoms with Crippen molar-refractivity contribution in [2.45, 2.75) is 18.8 Å². The average molecular weight is 221 g/mol. The zero-order chi connectivity index (χ0) is 11.1. The fourth-order valence-electron chi connectivity index (χ4n) is 1.81. The fraction of sp³-hybridized carbons (Fsp3) is 0.417. The van der Waals surface area contributed by atoms with Crippen LogP contribution in [0.5, 0.6) is 0 Å². The summed E-state index contributed by atoms with van der Waals surface area (Å²) in [6.45, 7) is 1.85. The highest BCUT2D eigenvalue weighted by Crippen LogP contribution is 2.30. The molecule has 2 rings (SSSR count). The molecule has 2 heterocycles. The van der Waals surface area contributed by atoms with Crippen molar-refractivity contribution in [1.29, 1.82) is 0 Å². The van der Waals surface area contributed by atoms with E-state index in [1.54, 1.807) is 0 Å². The van der Waals surface area contributed by atoms with Crippen LogP contribution < -0.4 is 0 Å². The number of amides is 1. The van der Waals surface area contributed by atoms with Gasteiger partial charge in [-0.1, -0.05) is 6.07 Å². The molecule has 1 saturated heterocycles. The van der Waals surface area contributed by atoms with Crippen LogP contribution in [0.4, 0.5) is 0 Å². The van der Waals surface area contributed by atoms with Gasteiger partial charge in [0.15, 0.2) is 0 Å². The molecular formula is C12H15NOS. The lowest BCUT2D eigenvalue weighted by molar-refractivity contribution is -0.119. The maximum absolute atomic E-state index is 10.5. The lowest BCUT2D eigenvalue weighted by Crippen LogP contribution is -2.31. The van der Waals surface area contributed by atoms with Crippen molar-refractivity contribution in [2.75, 3.05) is 13.1 Å². The number of carbonyl (C=O) groups is 1. The van der Waals surface area contributed by atoms with Crippen LogP contribution in [-0.4, -0.2) is 24.4 Å². The minimum absolute atomic E-state index is 0.691. The summed E-state index contributed by atoms with van der Waals surface area (Å²) in [5, 5.41) is 2.13. The van der Waals surface area contributed by atoms with Gasteiger partial charge in [0, 0.05) is 18.0 Å². The van der Waals surface area contributed by atoms with Crippen molar-refractivity contribution in [2.24, 2.45) is 0 Å². The van der Waals surface area contributed by atoms with E-state index in [0.29, 0.717) is 5.92 Å². The highest BCUT2D eigenvalue weighted by molar-refractivity contribution is 7.10. The summed E-state index contributed by atoms with van der Waals surface area (Å²) in [5.41, 5.74) is 0. The molecule has 0 unspecified atom stereocenters. The van der Waals surface area contributed by atoms with E-state index in [1.165, 1.54) is 4.88 Å². The monoisotopic (exact) mass is 221 g/mol. The molecule has 1 aromatic rings. The Labute approximate surface area is 94.9 Å². The van der Waals surface area contributed by atoms with Gasteiger partial charge in [-0.15, -0.1) is 24.2 Å². The van der Waals surface area contributed by atoms with E-state index in [9.17, 15) is 4.79 Å². The van der Waals surface area contributed by atoms with Crippen LogP contribution in [-0.2, 0) is 4.79 Å². The first-order valence-electron chi connectivity index (χ1n) is 4.96. The largest absolute Gasteiger partial charge is 0.345 e. The quantitative estimate of drug-likeness (QED) is 0.554. The van der Waals surface area contributed by atoms with Gasteiger partial charge in [-0.2, -0.15) is 0 Å². The second kappa shape index (κ2) is 6.26. The van der Waals surface area contributed by atoms with Gasteiger partial charge in [-0.05, 0) is 30.2 Å². The summed E-state index contributed by atoms with van der Waals surface area (Å²) < 4.78 is 0. The molecule has 15 heavy (non-hydrogen) atoms. The molecule has 0 aromatic carbocycles. The molecule has 1 amide bonds. The standard InChI is InChI=1S/C10H13NOS.C2H2/c12-8-11-5-3-9(4-6-11)10-2-1-7-13-10;1-2/h1-2,7-9H,3-6H2;1-2H. The Hall–Kier alpha value is -1.27. The Kier molecular flexibility index (Phi) is 4.92. The summed E-state index contributed by atoms with van der Waals surface area (Å²) in [6, 6.07) is 4.30. The Morgan fingerprint density at radius 2 is 2.07 bits per heavy atom. The van der Waals surface area contributed by atoms with Gasteiger partial charge < -0.3 is 4.90 Å². The first kappa shape index (κ1) is 11.8. The summed E-state index contributed by atoms with van der Waals surface area (Å²) in [6.07, 6.45) is 11.2. The molecule has 2 nitrogen and oxygen atoms in total. The first-order chi connectivity index (χ1) is 7.40. The van der Waals surface area contributed by atoms with Crippen molar-refractivity contribution in [1.82, 2.24) is 4.90 Å². The van der Waals surface area contributed by atoms with E-state index in [4.69, 9.17) is 0 Å². The summed E-state index contributed by atoms with van der Waals surface area (Å²) >= 11 is 1.83. The third-order valence-electron chi connectivity index (χ3n) is 2.62. The predicted octanol–water partition coefficient (Wildman–Crippen LogP) is 2.33. The molecule has 3 heteroatoms. The summed E-state index contributed by atoms with van der Waals surface area (Å²) in [4.78, 5) is 13.8. The second-order valence-electron chi connectivity index (χ2n) is 3.43. The van der Waals surface area contributed by atoms with E-state index in [1.807, 2.05) is 16.2 Å². The van der Waals surface area contributed by atoms with Gasteiger partial charge in [0.25, 0.3) is 0 Å². The normalized spacial score (nSPS) is 16.5. The van der Waals surface area contributed by atoms with Gasteiger partial charge >= 0.3 is 0 Å². The molecule has 0 spiro atoms. The third-order valence-corrected chi connectivity index (χ3v) is 3.66. The van der Waals surface area contributed by atoms with E-state index in [-0.39, 0.29) is 0 Å². The molecule has 80 valence electrons. The van der Waals surface area contributed by atoms with Gasteiger partial charge in [-0.25, -0.2) is 0 Å². The highest BCUT2D eigenvalue weighted by atomic mass is 32.1.